The second kappa shape index (κ2) is 7.43. The average Bonchev–Trinajstić information content (AvgIpc) is 2.48. The van der Waals surface area contributed by atoms with E-state index in [1.165, 1.54) is 0 Å². The topological polar surface area (TPSA) is 41.5 Å². The second-order valence-corrected chi connectivity index (χ2v) is 6.48. The summed E-state index contributed by atoms with van der Waals surface area (Å²) in [5.41, 5.74) is 0.973. The molecule has 2 rings (SSSR count). The van der Waals surface area contributed by atoms with Crippen LogP contribution in [-0.4, -0.2) is 24.4 Å². The predicted octanol–water partition coefficient (Wildman–Crippen LogP) is 4.01. The zero-order valence-corrected chi connectivity index (χ0v) is 13.8. The molecule has 20 heavy (non-hydrogen) atoms. The molecule has 1 aromatic rings. The molecule has 2 unspecified atom stereocenters. The summed E-state index contributed by atoms with van der Waals surface area (Å²) in [5, 5.41) is 13.8. The van der Waals surface area contributed by atoms with Crippen molar-refractivity contribution in [1.82, 2.24) is 5.32 Å². The Morgan fingerprint density at radius 3 is 2.75 bits per heavy atom. The largest absolute Gasteiger partial charge is 0.508 e. The molecular formula is C16H24BrNO2. The van der Waals surface area contributed by atoms with Crippen LogP contribution in [-0.2, 0) is 4.74 Å². The van der Waals surface area contributed by atoms with Crippen LogP contribution in [0.2, 0.25) is 0 Å². The third kappa shape index (κ3) is 3.96. The van der Waals surface area contributed by atoms with Crippen molar-refractivity contribution in [2.45, 2.75) is 45.2 Å². The van der Waals surface area contributed by atoms with E-state index in [0.29, 0.717) is 17.7 Å². The highest BCUT2D eigenvalue weighted by molar-refractivity contribution is 9.10. The molecule has 1 heterocycles. The molecule has 1 aromatic carbocycles. The van der Waals surface area contributed by atoms with Gasteiger partial charge >= 0.3 is 0 Å². The fourth-order valence-corrected chi connectivity index (χ4v) is 3.28. The molecular weight excluding hydrogens is 318 g/mol. The van der Waals surface area contributed by atoms with Crippen molar-refractivity contribution in [2.75, 3.05) is 13.2 Å². The first kappa shape index (κ1) is 15.8. The first-order valence-corrected chi connectivity index (χ1v) is 8.23. The molecule has 4 heteroatoms. The van der Waals surface area contributed by atoms with Gasteiger partial charge in [-0.25, -0.2) is 0 Å². The van der Waals surface area contributed by atoms with E-state index in [2.05, 4.69) is 35.1 Å². The van der Waals surface area contributed by atoms with Crippen LogP contribution in [0.1, 0.15) is 44.7 Å². The van der Waals surface area contributed by atoms with Gasteiger partial charge in [-0.15, -0.1) is 0 Å². The first-order valence-electron chi connectivity index (χ1n) is 7.44. The molecule has 1 fully saturated rings. The van der Waals surface area contributed by atoms with E-state index in [9.17, 15) is 5.11 Å². The van der Waals surface area contributed by atoms with Crippen LogP contribution >= 0.6 is 15.9 Å². The van der Waals surface area contributed by atoms with Gasteiger partial charge in [-0.3, -0.25) is 0 Å². The van der Waals surface area contributed by atoms with Gasteiger partial charge < -0.3 is 15.2 Å². The zero-order chi connectivity index (χ0) is 14.5. The minimum Gasteiger partial charge on any atom is -0.508 e. The maximum absolute atomic E-state index is 10.1. The van der Waals surface area contributed by atoms with Crippen molar-refractivity contribution in [3.63, 3.8) is 0 Å². The second-order valence-electron chi connectivity index (χ2n) is 5.57. The maximum Gasteiger partial charge on any atom is 0.120 e. The standard InChI is InChI=1S/C16H24BrNO2/c1-3-15(14-10-13(17)4-5-16(14)19)18-11(2)12-6-8-20-9-7-12/h4-5,10-12,15,18-19H,3,6-9H2,1-2H3. The van der Waals surface area contributed by atoms with Crippen molar-refractivity contribution < 1.29 is 9.84 Å². The normalized spacial score (nSPS) is 19.8. The van der Waals surface area contributed by atoms with Crippen LogP contribution in [0.3, 0.4) is 0 Å². The van der Waals surface area contributed by atoms with E-state index in [0.717, 1.165) is 42.5 Å². The highest BCUT2D eigenvalue weighted by atomic mass is 79.9. The van der Waals surface area contributed by atoms with Gasteiger partial charge in [0.2, 0.25) is 0 Å². The Bertz CT molecular complexity index is 432. The average molecular weight is 342 g/mol. The van der Waals surface area contributed by atoms with E-state index in [1.54, 1.807) is 6.07 Å². The molecule has 0 bridgehead atoms. The molecule has 0 aliphatic carbocycles. The smallest absolute Gasteiger partial charge is 0.120 e. The number of halogens is 1. The number of benzene rings is 1. The lowest BCUT2D eigenvalue weighted by molar-refractivity contribution is 0.0542. The number of phenolic OH excluding ortho intramolecular Hbond substituents is 1. The Morgan fingerprint density at radius 2 is 2.10 bits per heavy atom. The summed E-state index contributed by atoms with van der Waals surface area (Å²) in [5.74, 6) is 1.03. The van der Waals surface area contributed by atoms with Gasteiger partial charge in [-0.2, -0.15) is 0 Å². The van der Waals surface area contributed by atoms with E-state index in [4.69, 9.17) is 4.74 Å². The molecule has 0 radical (unpaired) electrons. The van der Waals surface area contributed by atoms with Crippen molar-refractivity contribution in [3.05, 3.63) is 28.2 Å². The third-order valence-electron chi connectivity index (χ3n) is 4.21. The monoisotopic (exact) mass is 341 g/mol. The summed E-state index contributed by atoms with van der Waals surface area (Å²) in [6, 6.07) is 6.25. The highest BCUT2D eigenvalue weighted by Gasteiger charge is 2.23. The molecule has 1 saturated heterocycles. The third-order valence-corrected chi connectivity index (χ3v) is 4.70. The number of ether oxygens (including phenoxy) is 1. The fraction of sp³-hybridized carbons (Fsp3) is 0.625. The maximum atomic E-state index is 10.1. The summed E-state index contributed by atoms with van der Waals surface area (Å²) in [7, 11) is 0. The number of rotatable bonds is 5. The minimum atomic E-state index is 0.186. The molecule has 0 spiro atoms. The summed E-state index contributed by atoms with van der Waals surface area (Å²) < 4.78 is 6.43. The van der Waals surface area contributed by atoms with Gasteiger partial charge in [-0.05, 0) is 50.3 Å². The van der Waals surface area contributed by atoms with E-state index in [1.807, 2.05) is 12.1 Å². The zero-order valence-electron chi connectivity index (χ0n) is 12.2. The Labute approximate surface area is 129 Å². The summed E-state index contributed by atoms with van der Waals surface area (Å²) in [6.45, 7) is 6.13. The van der Waals surface area contributed by atoms with E-state index >= 15 is 0 Å². The van der Waals surface area contributed by atoms with Gasteiger partial charge in [0.1, 0.15) is 5.75 Å². The Kier molecular flexibility index (Phi) is 5.87. The Morgan fingerprint density at radius 1 is 1.40 bits per heavy atom. The van der Waals surface area contributed by atoms with E-state index < -0.39 is 0 Å². The van der Waals surface area contributed by atoms with Gasteiger partial charge in [0.05, 0.1) is 0 Å². The lowest BCUT2D eigenvalue weighted by atomic mass is 9.91. The number of hydrogen-bond acceptors (Lipinski definition) is 3. The van der Waals surface area contributed by atoms with Crippen LogP contribution in [0.25, 0.3) is 0 Å². The van der Waals surface area contributed by atoms with Crippen molar-refractivity contribution >= 4 is 15.9 Å². The van der Waals surface area contributed by atoms with Gasteiger partial charge in [-0.1, -0.05) is 22.9 Å². The van der Waals surface area contributed by atoms with E-state index in [-0.39, 0.29) is 6.04 Å². The molecule has 0 amide bonds. The molecule has 1 aliphatic rings. The van der Waals surface area contributed by atoms with Crippen molar-refractivity contribution in [2.24, 2.45) is 5.92 Å². The summed E-state index contributed by atoms with van der Waals surface area (Å²) in [6.07, 6.45) is 3.20. The Hall–Kier alpha value is -0.580. The fourth-order valence-electron chi connectivity index (χ4n) is 2.90. The predicted molar refractivity (Wildman–Crippen MR) is 85.0 cm³/mol. The van der Waals surface area contributed by atoms with Gasteiger partial charge in [0, 0.05) is 35.3 Å². The van der Waals surface area contributed by atoms with Crippen molar-refractivity contribution in [1.29, 1.82) is 0 Å². The quantitative estimate of drug-likeness (QED) is 0.850. The number of phenols is 1. The molecule has 0 aromatic heterocycles. The van der Waals surface area contributed by atoms with Crippen LogP contribution < -0.4 is 5.32 Å². The van der Waals surface area contributed by atoms with Gasteiger partial charge in [0.25, 0.3) is 0 Å². The lowest BCUT2D eigenvalue weighted by Crippen LogP contribution is -2.38. The Balaban J connectivity index is 2.05. The SMILES string of the molecule is CCC(NC(C)C1CCOCC1)c1cc(Br)ccc1O. The van der Waals surface area contributed by atoms with Gasteiger partial charge in [0.15, 0.2) is 0 Å². The number of nitrogens with one attached hydrogen (secondary N) is 1. The van der Waals surface area contributed by atoms with Crippen LogP contribution in [0.5, 0.6) is 5.75 Å². The summed E-state index contributed by atoms with van der Waals surface area (Å²) in [4.78, 5) is 0. The van der Waals surface area contributed by atoms with Crippen LogP contribution in [0, 0.1) is 5.92 Å². The highest BCUT2D eigenvalue weighted by Crippen LogP contribution is 2.31. The minimum absolute atomic E-state index is 0.186. The summed E-state index contributed by atoms with van der Waals surface area (Å²) >= 11 is 3.48. The first-order chi connectivity index (χ1) is 9.61. The molecule has 2 atom stereocenters. The molecule has 2 N–H and O–H groups in total. The number of aromatic hydroxyl groups is 1. The van der Waals surface area contributed by atoms with Crippen LogP contribution in [0.15, 0.2) is 22.7 Å². The van der Waals surface area contributed by atoms with Crippen LogP contribution in [0.4, 0.5) is 0 Å². The lowest BCUT2D eigenvalue weighted by Gasteiger charge is -2.32. The molecule has 0 saturated carbocycles. The molecule has 1 aliphatic heterocycles. The number of hydrogen-bond donors (Lipinski definition) is 2. The molecule has 3 nitrogen and oxygen atoms in total. The molecule has 112 valence electrons. The van der Waals surface area contributed by atoms with Crippen molar-refractivity contribution in [3.8, 4) is 5.75 Å².